The van der Waals surface area contributed by atoms with Crippen molar-refractivity contribution in [1.82, 2.24) is 14.8 Å². The molecule has 10 heteroatoms. The highest BCUT2D eigenvalue weighted by atomic mass is 32.1. The van der Waals surface area contributed by atoms with E-state index in [4.69, 9.17) is 14.6 Å². The number of aromatic nitrogens is 1. The van der Waals surface area contributed by atoms with Gasteiger partial charge < -0.3 is 9.84 Å². The monoisotopic (exact) mass is 555 g/mol. The summed E-state index contributed by atoms with van der Waals surface area (Å²) in [5, 5.41) is 8.24. The van der Waals surface area contributed by atoms with Gasteiger partial charge in [0.2, 0.25) is 6.36 Å². The molecule has 2 saturated heterocycles. The first-order valence-corrected chi connectivity index (χ1v) is 13.9. The van der Waals surface area contributed by atoms with Gasteiger partial charge in [0, 0.05) is 44.6 Å². The SMILES string of the molecule is CC(=O)O.CC(F)Oc1ccccc1-c1ncc(CN2CC(CCN3CC(F)(F)C3)CC(C(C)(C)C)C2)s1. The molecule has 6 nitrogen and oxygen atoms in total. The van der Waals surface area contributed by atoms with Crippen LogP contribution >= 0.6 is 11.3 Å². The maximum atomic E-state index is 13.5. The van der Waals surface area contributed by atoms with Crippen LogP contribution in [0.25, 0.3) is 10.6 Å². The molecular weight excluding hydrogens is 515 g/mol. The number of ether oxygens (including phenoxy) is 1. The smallest absolute Gasteiger partial charge is 0.300 e. The lowest BCUT2D eigenvalue weighted by Gasteiger charge is -2.45. The molecule has 4 rings (SSSR count). The highest BCUT2D eigenvalue weighted by Gasteiger charge is 2.43. The normalized spacial score (nSPS) is 22.6. The topological polar surface area (TPSA) is 65.9 Å². The molecule has 0 bridgehead atoms. The highest BCUT2D eigenvalue weighted by Crippen LogP contribution is 2.39. The van der Waals surface area contributed by atoms with Gasteiger partial charge in [-0.25, -0.2) is 18.2 Å². The molecule has 0 amide bonds. The number of hydrogen-bond donors (Lipinski definition) is 1. The zero-order valence-corrected chi connectivity index (χ0v) is 23.7. The number of para-hydroxylation sites is 1. The molecule has 2 aliphatic rings. The van der Waals surface area contributed by atoms with Gasteiger partial charge in [-0.3, -0.25) is 14.6 Å². The number of benzene rings is 1. The Morgan fingerprint density at radius 2 is 1.89 bits per heavy atom. The number of rotatable bonds is 8. The van der Waals surface area contributed by atoms with Crippen molar-refractivity contribution in [2.75, 3.05) is 32.7 Å². The number of hydrogen-bond acceptors (Lipinski definition) is 6. The van der Waals surface area contributed by atoms with Gasteiger partial charge in [-0.1, -0.05) is 32.9 Å². The van der Waals surface area contributed by atoms with Crippen LogP contribution in [0.15, 0.2) is 30.5 Å². The van der Waals surface area contributed by atoms with E-state index in [1.165, 1.54) is 6.92 Å². The minimum atomic E-state index is -2.50. The van der Waals surface area contributed by atoms with Gasteiger partial charge in [-0.15, -0.1) is 11.3 Å². The van der Waals surface area contributed by atoms with Gasteiger partial charge in [0.05, 0.1) is 18.7 Å². The Morgan fingerprint density at radius 3 is 2.50 bits per heavy atom. The molecule has 3 unspecified atom stereocenters. The van der Waals surface area contributed by atoms with Gasteiger partial charge in [-0.05, 0) is 48.8 Å². The minimum Gasteiger partial charge on any atom is -0.481 e. The average molecular weight is 556 g/mol. The number of halogens is 3. The maximum Gasteiger partial charge on any atom is 0.300 e. The van der Waals surface area contributed by atoms with Gasteiger partial charge in [0.1, 0.15) is 10.8 Å². The Bertz CT molecular complexity index is 1050. The van der Waals surface area contributed by atoms with E-state index < -0.39 is 18.2 Å². The molecule has 2 aliphatic heterocycles. The van der Waals surface area contributed by atoms with E-state index in [1.54, 1.807) is 17.4 Å². The van der Waals surface area contributed by atoms with Crippen LogP contribution < -0.4 is 4.74 Å². The van der Waals surface area contributed by atoms with Crippen molar-refractivity contribution in [3.63, 3.8) is 0 Å². The molecule has 38 heavy (non-hydrogen) atoms. The van der Waals surface area contributed by atoms with Crippen molar-refractivity contribution in [2.24, 2.45) is 17.3 Å². The zero-order valence-electron chi connectivity index (χ0n) is 22.9. The predicted octanol–water partition coefficient (Wildman–Crippen LogP) is 6.42. The quantitative estimate of drug-likeness (QED) is 0.406. The van der Waals surface area contributed by atoms with Crippen molar-refractivity contribution < 1.29 is 27.8 Å². The Labute approximate surface area is 227 Å². The summed E-state index contributed by atoms with van der Waals surface area (Å²) in [5.74, 6) is -1.78. The number of aliphatic carboxylic acids is 1. The van der Waals surface area contributed by atoms with E-state index in [0.717, 1.165) is 61.4 Å². The van der Waals surface area contributed by atoms with Gasteiger partial charge in [-0.2, -0.15) is 0 Å². The number of piperidine rings is 1. The van der Waals surface area contributed by atoms with Crippen LogP contribution in [0.3, 0.4) is 0 Å². The van der Waals surface area contributed by atoms with Crippen LogP contribution in [0.5, 0.6) is 5.75 Å². The lowest BCUT2D eigenvalue weighted by atomic mass is 9.72. The molecule has 2 aromatic rings. The lowest BCUT2D eigenvalue weighted by Crippen LogP contribution is -2.56. The first-order chi connectivity index (χ1) is 17.7. The zero-order chi connectivity index (χ0) is 28.1. The second-order valence-corrected chi connectivity index (χ2v) is 12.6. The maximum absolute atomic E-state index is 13.5. The Morgan fingerprint density at radius 1 is 1.24 bits per heavy atom. The molecule has 1 aromatic heterocycles. The van der Waals surface area contributed by atoms with E-state index in [-0.39, 0.29) is 18.5 Å². The van der Waals surface area contributed by atoms with Crippen molar-refractivity contribution in [3.05, 3.63) is 35.3 Å². The van der Waals surface area contributed by atoms with E-state index in [9.17, 15) is 13.2 Å². The van der Waals surface area contributed by atoms with Crippen molar-refractivity contribution in [3.8, 4) is 16.3 Å². The van der Waals surface area contributed by atoms with Gasteiger partial charge in [0.15, 0.2) is 0 Å². The van der Waals surface area contributed by atoms with Crippen LogP contribution in [0, 0.1) is 17.3 Å². The average Bonchev–Trinajstić information content (AvgIpc) is 3.23. The summed E-state index contributed by atoms with van der Waals surface area (Å²) in [4.78, 5) is 19.1. The molecule has 0 spiro atoms. The molecule has 1 aromatic carbocycles. The standard InChI is InChI=1S/C26H36F3N3OS.C2H4O2/c1-18(27)33-23-8-6-5-7-22(23)24-30-12-21(34-24)15-32-13-19(11-20(14-32)25(2,3)4)9-10-31-16-26(28,29)17-31;1-2(3)4/h5-8,12,18-20H,9-11,13-17H2,1-4H3;1H3,(H,3,4). The number of carboxylic acids is 1. The van der Waals surface area contributed by atoms with Crippen molar-refractivity contribution in [2.45, 2.75) is 66.3 Å². The van der Waals surface area contributed by atoms with Crippen molar-refractivity contribution in [1.29, 1.82) is 0 Å². The van der Waals surface area contributed by atoms with E-state index >= 15 is 0 Å². The molecule has 1 N–H and O–H groups in total. The lowest BCUT2D eigenvalue weighted by molar-refractivity contribution is -0.134. The predicted molar refractivity (Wildman–Crippen MR) is 144 cm³/mol. The minimum absolute atomic E-state index is 0.0951. The van der Waals surface area contributed by atoms with E-state index in [0.29, 0.717) is 17.6 Å². The first-order valence-electron chi connectivity index (χ1n) is 13.1. The number of carboxylic acid groups (broad SMARTS) is 1. The summed E-state index contributed by atoms with van der Waals surface area (Å²) >= 11 is 1.61. The highest BCUT2D eigenvalue weighted by molar-refractivity contribution is 7.15. The van der Waals surface area contributed by atoms with E-state index in [1.807, 2.05) is 29.3 Å². The summed E-state index contributed by atoms with van der Waals surface area (Å²) in [6.45, 7) is 12.7. The Kier molecular flexibility index (Phi) is 10.2. The molecule has 0 aliphatic carbocycles. The fourth-order valence-corrected chi connectivity index (χ4v) is 6.03. The second-order valence-electron chi connectivity index (χ2n) is 11.5. The first kappa shape index (κ1) is 30.4. The summed E-state index contributed by atoms with van der Waals surface area (Å²) < 4.78 is 45.2. The molecular formula is C28H40F3N3O3S. The molecule has 2 fully saturated rings. The fraction of sp³-hybridized carbons (Fsp3) is 0.643. The summed E-state index contributed by atoms with van der Waals surface area (Å²) in [6, 6.07) is 7.41. The van der Waals surface area contributed by atoms with Crippen molar-refractivity contribution >= 4 is 17.3 Å². The van der Waals surface area contributed by atoms with Crippen LogP contribution in [0.1, 0.15) is 52.3 Å². The molecule has 212 valence electrons. The number of carbonyl (C=O) groups is 1. The molecule has 3 atom stereocenters. The Hall–Kier alpha value is -2.17. The molecule has 0 radical (unpaired) electrons. The fourth-order valence-electron chi connectivity index (χ4n) is 5.05. The second kappa shape index (κ2) is 12.8. The van der Waals surface area contributed by atoms with Crippen LogP contribution in [-0.4, -0.2) is 70.9 Å². The number of alkyl halides is 3. The van der Waals surface area contributed by atoms with Gasteiger partial charge >= 0.3 is 0 Å². The van der Waals surface area contributed by atoms with Gasteiger partial charge in [0.25, 0.3) is 11.9 Å². The summed E-state index contributed by atoms with van der Waals surface area (Å²) in [6.07, 6.45) is 2.62. The molecule has 0 saturated carbocycles. The van der Waals surface area contributed by atoms with Crippen LogP contribution in [-0.2, 0) is 11.3 Å². The largest absolute Gasteiger partial charge is 0.481 e. The third-order valence-electron chi connectivity index (χ3n) is 6.94. The third-order valence-corrected chi connectivity index (χ3v) is 7.96. The Balaban J connectivity index is 0.000000934. The number of likely N-dealkylation sites (tertiary alicyclic amines) is 2. The van der Waals surface area contributed by atoms with Crippen LogP contribution in [0.4, 0.5) is 13.2 Å². The van der Waals surface area contributed by atoms with E-state index in [2.05, 4.69) is 30.7 Å². The molecule has 3 heterocycles. The summed E-state index contributed by atoms with van der Waals surface area (Å²) in [7, 11) is 0. The number of thiazole rings is 1. The van der Waals surface area contributed by atoms with Crippen LogP contribution in [0.2, 0.25) is 0 Å². The number of nitrogens with zero attached hydrogens (tertiary/aromatic N) is 3. The summed E-state index contributed by atoms with van der Waals surface area (Å²) in [5.41, 5.74) is 0.998. The third kappa shape index (κ3) is 9.24.